The summed E-state index contributed by atoms with van der Waals surface area (Å²) in [6.45, 7) is 0. The molecule has 3 N–H and O–H groups in total. The maximum Gasteiger partial charge on any atom is 0.0701 e. The van der Waals surface area contributed by atoms with Crippen LogP contribution in [-0.4, -0.2) is 4.98 Å². The number of hydrogen-bond donors (Lipinski definition) is 2. The molecule has 0 spiro atoms. The van der Waals surface area contributed by atoms with Crippen molar-refractivity contribution >= 4 is 27.3 Å². The van der Waals surface area contributed by atoms with Gasteiger partial charge in [0.05, 0.1) is 9.83 Å². The molecule has 0 aliphatic carbocycles. The van der Waals surface area contributed by atoms with Crippen LogP contribution in [-0.2, 0) is 6.42 Å². The Morgan fingerprint density at radius 2 is 2.19 bits per heavy atom. The highest BCUT2D eigenvalue weighted by atomic mass is 79.9. The van der Waals surface area contributed by atoms with E-state index in [4.69, 9.17) is 5.84 Å². The molecule has 0 aromatic carbocycles. The lowest BCUT2D eigenvalue weighted by Gasteiger charge is -2.14. The highest BCUT2D eigenvalue weighted by molar-refractivity contribution is 9.11. The number of halogens is 1. The summed E-state index contributed by atoms with van der Waals surface area (Å²) in [5, 5.41) is 2.11. The van der Waals surface area contributed by atoms with Gasteiger partial charge in [-0.3, -0.25) is 16.3 Å². The molecule has 84 valence electrons. The Bertz CT molecular complexity index is 444. The van der Waals surface area contributed by atoms with Gasteiger partial charge in [-0.05, 0) is 57.1 Å². The van der Waals surface area contributed by atoms with E-state index < -0.39 is 0 Å². The number of hydrogen-bond acceptors (Lipinski definition) is 4. The van der Waals surface area contributed by atoms with Gasteiger partial charge in [-0.15, -0.1) is 11.3 Å². The number of aromatic nitrogens is 1. The van der Waals surface area contributed by atoms with E-state index in [0.717, 1.165) is 10.2 Å². The Kier molecular flexibility index (Phi) is 4.06. The Morgan fingerprint density at radius 3 is 2.75 bits per heavy atom. The van der Waals surface area contributed by atoms with Gasteiger partial charge >= 0.3 is 0 Å². The minimum atomic E-state index is 0.143. The van der Waals surface area contributed by atoms with Crippen LogP contribution in [0.4, 0.5) is 0 Å². The van der Waals surface area contributed by atoms with Gasteiger partial charge in [-0.25, -0.2) is 0 Å². The molecule has 0 saturated carbocycles. The smallest absolute Gasteiger partial charge is 0.0701 e. The number of nitrogens with two attached hydrogens (primary N) is 1. The van der Waals surface area contributed by atoms with Crippen LogP contribution in [0, 0.1) is 0 Å². The molecule has 0 saturated heterocycles. The second kappa shape index (κ2) is 5.54. The first-order chi connectivity index (χ1) is 7.79. The summed E-state index contributed by atoms with van der Waals surface area (Å²) in [5.41, 5.74) is 5.27. The molecule has 1 atom stereocenters. The largest absolute Gasteiger partial charge is 0.271 e. The lowest BCUT2D eigenvalue weighted by molar-refractivity contribution is 0.553. The number of thiophene rings is 1. The second-order valence-corrected chi connectivity index (χ2v) is 5.75. The first-order valence-electron chi connectivity index (χ1n) is 4.88. The quantitative estimate of drug-likeness (QED) is 0.674. The Balaban J connectivity index is 2.12. The van der Waals surface area contributed by atoms with Gasteiger partial charge < -0.3 is 0 Å². The fourth-order valence-electron chi connectivity index (χ4n) is 1.53. The van der Waals surface area contributed by atoms with Crippen molar-refractivity contribution in [2.75, 3.05) is 0 Å². The van der Waals surface area contributed by atoms with Gasteiger partial charge in [0.25, 0.3) is 0 Å². The monoisotopic (exact) mass is 297 g/mol. The van der Waals surface area contributed by atoms with Crippen molar-refractivity contribution in [3.63, 3.8) is 0 Å². The number of rotatable bonds is 4. The molecule has 5 heteroatoms. The molecule has 0 aliphatic rings. The van der Waals surface area contributed by atoms with Crippen LogP contribution in [0.2, 0.25) is 0 Å². The third-order valence-corrected chi connectivity index (χ3v) is 3.90. The molecule has 0 aliphatic heterocycles. The van der Waals surface area contributed by atoms with Crippen molar-refractivity contribution in [1.82, 2.24) is 10.4 Å². The maximum atomic E-state index is 5.59. The van der Waals surface area contributed by atoms with Crippen LogP contribution >= 0.6 is 27.3 Å². The molecule has 0 bridgehead atoms. The summed E-state index contributed by atoms with van der Waals surface area (Å²) in [6, 6.07) is 6.25. The van der Waals surface area contributed by atoms with Crippen molar-refractivity contribution < 1.29 is 0 Å². The van der Waals surface area contributed by atoms with E-state index in [2.05, 4.69) is 37.8 Å². The van der Waals surface area contributed by atoms with Gasteiger partial charge in [0.2, 0.25) is 0 Å². The Morgan fingerprint density at radius 1 is 1.44 bits per heavy atom. The van der Waals surface area contributed by atoms with Crippen LogP contribution in [0.15, 0.2) is 39.8 Å². The maximum absolute atomic E-state index is 5.59. The fourth-order valence-corrected chi connectivity index (χ4v) is 2.76. The fraction of sp³-hybridized carbons (Fsp3) is 0.182. The molecular formula is C11H12BrN3S. The Labute approximate surface area is 107 Å². The zero-order valence-electron chi connectivity index (χ0n) is 8.56. The minimum absolute atomic E-state index is 0.143. The van der Waals surface area contributed by atoms with Crippen molar-refractivity contribution in [3.8, 4) is 0 Å². The molecule has 2 rings (SSSR count). The summed E-state index contributed by atoms with van der Waals surface area (Å²) < 4.78 is 1.12. The van der Waals surface area contributed by atoms with Gasteiger partial charge in [0.15, 0.2) is 0 Å². The van der Waals surface area contributed by atoms with E-state index in [9.17, 15) is 0 Å². The van der Waals surface area contributed by atoms with Gasteiger partial charge in [0.1, 0.15) is 0 Å². The topological polar surface area (TPSA) is 50.9 Å². The normalized spacial score (nSPS) is 12.6. The third kappa shape index (κ3) is 2.89. The third-order valence-electron chi connectivity index (χ3n) is 2.38. The lowest BCUT2D eigenvalue weighted by Crippen LogP contribution is -2.29. The second-order valence-electron chi connectivity index (χ2n) is 3.46. The SMILES string of the molecule is NNC(Cc1ccncc1)c1csc(Br)c1. The predicted octanol–water partition coefficient (Wildman–Crippen LogP) is 2.65. The first kappa shape index (κ1) is 11.7. The zero-order chi connectivity index (χ0) is 11.4. The lowest BCUT2D eigenvalue weighted by atomic mass is 10.0. The van der Waals surface area contributed by atoms with E-state index >= 15 is 0 Å². The molecule has 1 unspecified atom stereocenters. The van der Waals surface area contributed by atoms with E-state index in [0.29, 0.717) is 0 Å². The minimum Gasteiger partial charge on any atom is -0.271 e. The summed E-state index contributed by atoms with van der Waals surface area (Å²) in [7, 11) is 0. The molecule has 2 heterocycles. The molecule has 0 radical (unpaired) electrons. The highest BCUT2D eigenvalue weighted by Gasteiger charge is 2.11. The van der Waals surface area contributed by atoms with Crippen LogP contribution in [0.25, 0.3) is 0 Å². The molecule has 16 heavy (non-hydrogen) atoms. The van der Waals surface area contributed by atoms with Gasteiger partial charge in [-0.2, -0.15) is 0 Å². The molecule has 0 fully saturated rings. The highest BCUT2D eigenvalue weighted by Crippen LogP contribution is 2.26. The Hall–Kier alpha value is -0.750. The van der Waals surface area contributed by atoms with E-state index in [1.807, 2.05) is 12.1 Å². The van der Waals surface area contributed by atoms with Crippen LogP contribution < -0.4 is 11.3 Å². The van der Waals surface area contributed by atoms with E-state index in [1.54, 1.807) is 23.7 Å². The van der Waals surface area contributed by atoms with E-state index in [1.165, 1.54) is 11.1 Å². The molecule has 3 nitrogen and oxygen atoms in total. The molecule has 2 aromatic heterocycles. The summed E-state index contributed by atoms with van der Waals surface area (Å²) in [4.78, 5) is 4.00. The van der Waals surface area contributed by atoms with Crippen LogP contribution in [0.1, 0.15) is 17.2 Å². The van der Waals surface area contributed by atoms with Crippen LogP contribution in [0.3, 0.4) is 0 Å². The van der Waals surface area contributed by atoms with Gasteiger partial charge in [-0.1, -0.05) is 0 Å². The van der Waals surface area contributed by atoms with Gasteiger partial charge in [0, 0.05) is 12.4 Å². The van der Waals surface area contributed by atoms with Crippen molar-refractivity contribution in [1.29, 1.82) is 0 Å². The summed E-state index contributed by atoms with van der Waals surface area (Å²) in [5.74, 6) is 5.59. The number of nitrogens with zero attached hydrogens (tertiary/aromatic N) is 1. The van der Waals surface area contributed by atoms with Crippen molar-refractivity contribution in [3.05, 3.63) is 50.9 Å². The van der Waals surface area contributed by atoms with E-state index in [-0.39, 0.29) is 6.04 Å². The average Bonchev–Trinajstić information content (AvgIpc) is 2.74. The summed E-state index contributed by atoms with van der Waals surface area (Å²) in [6.07, 6.45) is 4.46. The summed E-state index contributed by atoms with van der Waals surface area (Å²) >= 11 is 5.12. The molecule has 0 amide bonds. The number of pyridine rings is 1. The molecular weight excluding hydrogens is 286 g/mol. The van der Waals surface area contributed by atoms with Crippen LogP contribution in [0.5, 0.6) is 0 Å². The van der Waals surface area contributed by atoms with Crippen molar-refractivity contribution in [2.45, 2.75) is 12.5 Å². The first-order valence-corrected chi connectivity index (χ1v) is 6.56. The standard InChI is InChI=1S/C11H12BrN3S/c12-11-6-9(7-16-11)10(15-13)5-8-1-3-14-4-2-8/h1-4,6-7,10,15H,5,13H2. The number of nitrogens with one attached hydrogen (secondary N) is 1. The predicted molar refractivity (Wildman–Crippen MR) is 70.0 cm³/mol. The van der Waals surface area contributed by atoms with Crippen molar-refractivity contribution in [2.24, 2.45) is 5.84 Å². The number of hydrazine groups is 1. The zero-order valence-corrected chi connectivity index (χ0v) is 11.0. The molecule has 2 aromatic rings. The average molecular weight is 298 g/mol.